The molecule has 0 spiro atoms. The summed E-state index contributed by atoms with van der Waals surface area (Å²) in [4.78, 5) is 36.6. The lowest BCUT2D eigenvalue weighted by Crippen LogP contribution is -2.49. The van der Waals surface area contributed by atoms with Gasteiger partial charge in [-0.25, -0.2) is 4.79 Å². The van der Waals surface area contributed by atoms with E-state index in [9.17, 15) is 14.4 Å². The highest BCUT2D eigenvalue weighted by atomic mass is 127. The molecule has 0 saturated heterocycles. The third kappa shape index (κ3) is 5.08. The van der Waals surface area contributed by atoms with E-state index in [1.54, 1.807) is 42.1 Å². The first-order valence-electron chi connectivity index (χ1n) is 8.40. The Morgan fingerprint density at radius 1 is 1.00 bits per heavy atom. The van der Waals surface area contributed by atoms with Crippen LogP contribution in [-0.2, 0) is 25.7 Å². The van der Waals surface area contributed by atoms with Crippen molar-refractivity contribution in [3.63, 3.8) is 0 Å². The highest BCUT2D eigenvalue weighted by Gasteiger charge is 2.35. The average Bonchev–Trinajstić information content (AvgIpc) is 2.73. The summed E-state index contributed by atoms with van der Waals surface area (Å²) in [5.74, 6) is -1.90. The standard InChI is InChI=1S/C20H21IN2O5/c1-22-18(24)17(20(26)28-3)23(21)19(25)16-10-8-15(9-11-16)14-6-4-13(5-7-14)12-27-2/h4-11,17H,12H2,1-3H3,(H,22,24). The minimum absolute atomic E-state index is 0.354. The van der Waals surface area contributed by atoms with Gasteiger partial charge in [0.15, 0.2) is 0 Å². The second-order valence-corrected chi connectivity index (χ2v) is 6.90. The van der Waals surface area contributed by atoms with Crippen molar-refractivity contribution >= 4 is 40.6 Å². The monoisotopic (exact) mass is 496 g/mol. The summed E-state index contributed by atoms with van der Waals surface area (Å²) >= 11 is 1.65. The first-order valence-corrected chi connectivity index (χ1v) is 9.36. The number of likely N-dealkylation sites (N-methyl/N-ethyl adjacent to an activating group) is 1. The number of carbonyl (C=O) groups is 3. The van der Waals surface area contributed by atoms with Crippen LogP contribution >= 0.6 is 22.9 Å². The van der Waals surface area contributed by atoms with E-state index in [4.69, 9.17) is 4.74 Å². The zero-order valence-electron chi connectivity index (χ0n) is 15.8. The van der Waals surface area contributed by atoms with Crippen LogP contribution in [0.15, 0.2) is 48.5 Å². The van der Waals surface area contributed by atoms with E-state index < -0.39 is 23.8 Å². The second-order valence-electron chi connectivity index (χ2n) is 5.86. The second kappa shape index (κ2) is 10.2. The number of halogens is 1. The Morgan fingerprint density at radius 3 is 2.00 bits per heavy atom. The molecule has 28 heavy (non-hydrogen) atoms. The predicted octanol–water partition coefficient (Wildman–Crippen LogP) is 2.58. The highest BCUT2D eigenvalue weighted by Crippen LogP contribution is 2.22. The molecule has 8 heteroatoms. The van der Waals surface area contributed by atoms with E-state index in [1.165, 1.54) is 14.2 Å². The number of benzene rings is 2. The Bertz CT molecular complexity index is 821. The molecule has 0 fully saturated rings. The van der Waals surface area contributed by atoms with Gasteiger partial charge in [-0.1, -0.05) is 36.4 Å². The fourth-order valence-corrected chi connectivity index (χ4v) is 3.32. The van der Waals surface area contributed by atoms with Crippen LogP contribution in [0.3, 0.4) is 0 Å². The molecule has 2 rings (SSSR count). The average molecular weight is 496 g/mol. The molecule has 148 valence electrons. The first-order chi connectivity index (χ1) is 13.4. The van der Waals surface area contributed by atoms with Crippen molar-refractivity contribution in [1.29, 1.82) is 0 Å². The van der Waals surface area contributed by atoms with Crippen molar-refractivity contribution in [3.8, 4) is 11.1 Å². The normalized spacial score (nSPS) is 11.4. The lowest BCUT2D eigenvalue weighted by Gasteiger charge is -2.22. The largest absolute Gasteiger partial charge is 0.467 e. The lowest BCUT2D eigenvalue weighted by molar-refractivity contribution is -0.148. The molecule has 2 aromatic rings. The van der Waals surface area contributed by atoms with Gasteiger partial charge in [0.05, 0.1) is 36.6 Å². The zero-order chi connectivity index (χ0) is 20.7. The van der Waals surface area contributed by atoms with Gasteiger partial charge in [0.2, 0.25) is 6.04 Å². The molecule has 0 radical (unpaired) electrons. The van der Waals surface area contributed by atoms with Crippen molar-refractivity contribution in [1.82, 2.24) is 8.43 Å². The number of methoxy groups -OCH3 is 2. The maximum Gasteiger partial charge on any atom is 0.339 e. The third-order valence-corrected chi connectivity index (χ3v) is 5.07. The fourth-order valence-electron chi connectivity index (χ4n) is 2.56. The lowest BCUT2D eigenvalue weighted by atomic mass is 10.0. The third-order valence-electron chi connectivity index (χ3n) is 4.07. The summed E-state index contributed by atoms with van der Waals surface area (Å²) in [6, 6.07) is 13.5. The quantitative estimate of drug-likeness (QED) is 0.276. The van der Waals surface area contributed by atoms with E-state index in [0.717, 1.165) is 19.8 Å². The summed E-state index contributed by atoms with van der Waals surface area (Å²) in [7, 11) is 4.20. The highest BCUT2D eigenvalue weighted by molar-refractivity contribution is 14.1. The summed E-state index contributed by atoms with van der Waals surface area (Å²) < 4.78 is 10.8. The van der Waals surface area contributed by atoms with Crippen LogP contribution < -0.4 is 5.32 Å². The van der Waals surface area contributed by atoms with E-state index in [0.29, 0.717) is 12.2 Å². The smallest absolute Gasteiger partial charge is 0.339 e. The zero-order valence-corrected chi connectivity index (χ0v) is 17.9. The van der Waals surface area contributed by atoms with Crippen LogP contribution in [0, 0.1) is 0 Å². The van der Waals surface area contributed by atoms with Gasteiger partial charge < -0.3 is 14.8 Å². The maximum absolute atomic E-state index is 12.7. The van der Waals surface area contributed by atoms with Crippen LogP contribution in [0.5, 0.6) is 0 Å². The number of nitrogens with one attached hydrogen (secondary N) is 1. The van der Waals surface area contributed by atoms with Gasteiger partial charge in [0, 0.05) is 19.7 Å². The van der Waals surface area contributed by atoms with Crippen molar-refractivity contribution in [2.75, 3.05) is 21.3 Å². The van der Waals surface area contributed by atoms with Crippen molar-refractivity contribution < 1.29 is 23.9 Å². The molecule has 2 aromatic carbocycles. The number of hydrogen-bond acceptors (Lipinski definition) is 5. The Hall–Kier alpha value is -2.46. The maximum atomic E-state index is 12.7. The molecule has 0 aliphatic carbocycles. The first kappa shape index (κ1) is 21.8. The Balaban J connectivity index is 2.20. The number of esters is 1. The molecule has 0 heterocycles. The summed E-state index contributed by atoms with van der Waals surface area (Å²) in [6.45, 7) is 0.548. The van der Waals surface area contributed by atoms with E-state index >= 15 is 0 Å². The SMILES string of the molecule is CNC(=O)C(C(=O)OC)N(I)C(=O)c1ccc(-c2ccc(COC)cc2)cc1. The number of ether oxygens (including phenoxy) is 2. The minimum atomic E-state index is -1.36. The van der Waals surface area contributed by atoms with Crippen molar-refractivity contribution in [2.24, 2.45) is 0 Å². The van der Waals surface area contributed by atoms with Crippen LogP contribution in [0.2, 0.25) is 0 Å². The van der Waals surface area contributed by atoms with Gasteiger partial charge in [-0.05, 0) is 28.8 Å². The topological polar surface area (TPSA) is 84.9 Å². The fraction of sp³-hybridized carbons (Fsp3) is 0.250. The van der Waals surface area contributed by atoms with Crippen LogP contribution in [0.4, 0.5) is 0 Å². The molecule has 1 atom stereocenters. The molecule has 0 saturated carbocycles. The number of amides is 2. The molecule has 0 aliphatic heterocycles. The molecule has 0 bridgehead atoms. The van der Waals surface area contributed by atoms with Crippen LogP contribution in [0.1, 0.15) is 15.9 Å². The molecule has 7 nitrogen and oxygen atoms in total. The molecule has 1 N–H and O–H groups in total. The van der Waals surface area contributed by atoms with Gasteiger partial charge in [0.25, 0.3) is 11.8 Å². The van der Waals surface area contributed by atoms with E-state index in [-0.39, 0.29) is 0 Å². The molecule has 2 amide bonds. The predicted molar refractivity (Wildman–Crippen MR) is 113 cm³/mol. The number of hydrogen-bond donors (Lipinski definition) is 1. The summed E-state index contributed by atoms with van der Waals surface area (Å²) in [6.07, 6.45) is 0. The van der Waals surface area contributed by atoms with Crippen molar-refractivity contribution in [2.45, 2.75) is 12.6 Å². The van der Waals surface area contributed by atoms with Gasteiger partial charge in [-0.3, -0.25) is 12.7 Å². The molecule has 0 aliphatic rings. The van der Waals surface area contributed by atoms with Crippen LogP contribution in [0.25, 0.3) is 11.1 Å². The molecule has 1 unspecified atom stereocenters. The van der Waals surface area contributed by atoms with Gasteiger partial charge in [-0.2, -0.15) is 0 Å². The molecular formula is C20H21IN2O5. The van der Waals surface area contributed by atoms with E-state index in [1.807, 2.05) is 36.4 Å². The summed E-state index contributed by atoms with van der Waals surface area (Å²) in [5.41, 5.74) is 3.37. The number of carbonyl (C=O) groups excluding carboxylic acids is 3. The number of rotatable bonds is 7. The Morgan fingerprint density at radius 2 is 1.54 bits per heavy atom. The van der Waals surface area contributed by atoms with Gasteiger partial charge in [0.1, 0.15) is 0 Å². The van der Waals surface area contributed by atoms with Crippen molar-refractivity contribution in [3.05, 3.63) is 59.7 Å². The number of nitrogens with zero attached hydrogens (tertiary/aromatic N) is 1. The minimum Gasteiger partial charge on any atom is -0.467 e. The Kier molecular flexibility index (Phi) is 7.94. The van der Waals surface area contributed by atoms with Gasteiger partial charge in [-0.15, -0.1) is 0 Å². The molecular weight excluding hydrogens is 475 g/mol. The summed E-state index contributed by atoms with van der Waals surface area (Å²) in [5, 5.41) is 2.36. The van der Waals surface area contributed by atoms with E-state index in [2.05, 4.69) is 10.1 Å². The molecule has 0 aromatic heterocycles. The van der Waals surface area contributed by atoms with Crippen LogP contribution in [-0.4, -0.2) is 48.2 Å². The Labute approximate surface area is 177 Å². The van der Waals surface area contributed by atoms with Gasteiger partial charge >= 0.3 is 5.97 Å².